The van der Waals surface area contributed by atoms with Gasteiger partial charge in [-0.1, -0.05) is 11.3 Å². The van der Waals surface area contributed by atoms with Crippen LogP contribution < -0.4 is 5.32 Å². The van der Waals surface area contributed by atoms with Crippen LogP contribution >= 0.6 is 11.3 Å². The molecule has 0 amide bonds. The first-order valence-electron chi connectivity index (χ1n) is 5.52. The van der Waals surface area contributed by atoms with Crippen LogP contribution in [0.15, 0.2) is 17.8 Å². The molecule has 2 aromatic heterocycles. The average molecular weight is 267 g/mol. The third-order valence-corrected chi connectivity index (χ3v) is 3.31. The van der Waals surface area contributed by atoms with Gasteiger partial charge in [-0.05, 0) is 18.5 Å². The van der Waals surface area contributed by atoms with Gasteiger partial charge in [0.2, 0.25) is 0 Å². The molecule has 0 atom stereocenters. The van der Waals surface area contributed by atoms with Crippen molar-refractivity contribution in [1.29, 1.82) is 0 Å². The summed E-state index contributed by atoms with van der Waals surface area (Å²) in [6.07, 6.45) is 3.28. The van der Waals surface area contributed by atoms with Gasteiger partial charge in [-0.2, -0.15) is 5.10 Å². The first-order valence-corrected chi connectivity index (χ1v) is 6.40. The van der Waals surface area contributed by atoms with Gasteiger partial charge in [0.25, 0.3) is 0 Å². The van der Waals surface area contributed by atoms with E-state index in [1.807, 2.05) is 5.38 Å². The van der Waals surface area contributed by atoms with E-state index in [-0.39, 0.29) is 9.92 Å². The maximum Gasteiger partial charge on any atom is 0.324 e. The molecule has 0 fully saturated rings. The minimum Gasteiger partial charge on any atom is -0.313 e. The molecule has 18 heavy (non-hydrogen) atoms. The molecule has 0 saturated heterocycles. The summed E-state index contributed by atoms with van der Waals surface area (Å²) in [5, 5.41) is 22.3. The first kappa shape index (κ1) is 12.7. The monoisotopic (exact) mass is 267 g/mol. The molecule has 0 radical (unpaired) electrons. The smallest absolute Gasteiger partial charge is 0.313 e. The van der Waals surface area contributed by atoms with Crippen molar-refractivity contribution in [3.8, 4) is 0 Å². The van der Waals surface area contributed by atoms with E-state index in [9.17, 15) is 10.1 Å². The van der Waals surface area contributed by atoms with Crippen LogP contribution in [0.4, 0.5) is 5.00 Å². The van der Waals surface area contributed by atoms with Gasteiger partial charge in [0, 0.05) is 24.4 Å². The van der Waals surface area contributed by atoms with Gasteiger partial charge in [0.15, 0.2) is 0 Å². The molecular weight excluding hydrogens is 254 g/mol. The summed E-state index contributed by atoms with van der Waals surface area (Å²) < 4.78 is 0. The number of aryl methyl sites for hydroxylation is 1. The number of aromatic amines is 1. The van der Waals surface area contributed by atoms with E-state index >= 15 is 0 Å². The quantitative estimate of drug-likeness (QED) is 0.450. The zero-order valence-corrected chi connectivity index (χ0v) is 10.4. The maximum absolute atomic E-state index is 10.5. The number of H-pyrrole nitrogens is 1. The Morgan fingerprint density at radius 1 is 1.56 bits per heavy atom. The van der Waals surface area contributed by atoms with Crippen LogP contribution in [0.5, 0.6) is 0 Å². The fraction of sp³-hybridized carbons (Fsp3) is 0.400. The fourth-order valence-electron chi connectivity index (χ4n) is 1.52. The van der Waals surface area contributed by atoms with Crippen molar-refractivity contribution in [2.75, 3.05) is 6.54 Å². The molecule has 0 aromatic carbocycles. The first-order chi connectivity index (χ1) is 8.75. The Hall–Kier alpha value is -1.80. The molecule has 8 heteroatoms. The highest BCUT2D eigenvalue weighted by Crippen LogP contribution is 2.22. The summed E-state index contributed by atoms with van der Waals surface area (Å²) in [5.41, 5.74) is 0.950. The summed E-state index contributed by atoms with van der Waals surface area (Å²) in [7, 11) is 0. The number of rotatable bonds is 7. The third-order valence-electron chi connectivity index (χ3n) is 2.38. The number of hydrogen-bond donors (Lipinski definition) is 2. The topological polar surface area (TPSA) is 96.7 Å². The largest absolute Gasteiger partial charge is 0.324 e. The van der Waals surface area contributed by atoms with Gasteiger partial charge < -0.3 is 5.32 Å². The third kappa shape index (κ3) is 3.60. The van der Waals surface area contributed by atoms with E-state index in [1.165, 1.54) is 6.33 Å². The lowest BCUT2D eigenvalue weighted by atomic mass is 10.3. The van der Waals surface area contributed by atoms with Gasteiger partial charge in [0.05, 0.1) is 4.92 Å². The Balaban J connectivity index is 1.64. The standard InChI is InChI=1S/C10H13N5O2S/c16-15(17)10-4-8(6-18-10)5-11-3-1-2-9-12-7-13-14-9/h4,6-7,11H,1-3,5H2,(H,12,13,14). The van der Waals surface area contributed by atoms with Crippen LogP contribution in [0.1, 0.15) is 17.8 Å². The molecule has 2 aromatic rings. The number of nitro groups is 1. The molecule has 0 aliphatic heterocycles. The predicted molar refractivity (Wildman–Crippen MR) is 67.4 cm³/mol. The number of nitrogens with one attached hydrogen (secondary N) is 2. The Bertz CT molecular complexity index is 496. The molecule has 0 aliphatic rings. The lowest BCUT2D eigenvalue weighted by Gasteiger charge is -2.01. The number of thiophene rings is 1. The lowest BCUT2D eigenvalue weighted by molar-refractivity contribution is -0.380. The van der Waals surface area contributed by atoms with Crippen LogP contribution in [0.3, 0.4) is 0 Å². The summed E-state index contributed by atoms with van der Waals surface area (Å²) in [6, 6.07) is 1.61. The Morgan fingerprint density at radius 3 is 3.11 bits per heavy atom. The summed E-state index contributed by atoms with van der Waals surface area (Å²) in [4.78, 5) is 14.2. The summed E-state index contributed by atoms with van der Waals surface area (Å²) in [5.74, 6) is 0.878. The second kappa shape index (κ2) is 6.22. The zero-order valence-electron chi connectivity index (χ0n) is 9.63. The van der Waals surface area contributed by atoms with Crippen LogP contribution in [-0.2, 0) is 13.0 Å². The summed E-state index contributed by atoms with van der Waals surface area (Å²) >= 11 is 1.16. The van der Waals surface area contributed by atoms with Crippen molar-refractivity contribution in [2.24, 2.45) is 0 Å². The number of aromatic nitrogens is 3. The maximum atomic E-state index is 10.5. The van der Waals surface area contributed by atoms with Crippen LogP contribution in [0, 0.1) is 10.1 Å². The predicted octanol–water partition coefficient (Wildman–Crippen LogP) is 1.50. The molecule has 7 nitrogen and oxygen atoms in total. The SMILES string of the molecule is O=[N+]([O-])c1cc(CNCCCc2ncn[nH]2)cs1. The molecule has 2 N–H and O–H groups in total. The van der Waals surface area contributed by atoms with Crippen LogP contribution in [-0.4, -0.2) is 26.6 Å². The van der Waals surface area contributed by atoms with Crippen molar-refractivity contribution in [1.82, 2.24) is 20.5 Å². The van der Waals surface area contributed by atoms with Gasteiger partial charge >= 0.3 is 5.00 Å². The van der Waals surface area contributed by atoms with Crippen molar-refractivity contribution >= 4 is 16.3 Å². The molecular formula is C10H13N5O2S. The molecule has 0 spiro atoms. The van der Waals surface area contributed by atoms with Gasteiger partial charge in [-0.25, -0.2) is 4.98 Å². The second-order valence-corrected chi connectivity index (χ2v) is 4.65. The minimum atomic E-state index is -0.363. The lowest BCUT2D eigenvalue weighted by Crippen LogP contribution is -2.15. The Labute approximate surface area is 107 Å². The minimum absolute atomic E-state index is 0.188. The van der Waals surface area contributed by atoms with E-state index < -0.39 is 0 Å². The molecule has 0 aliphatic carbocycles. The van der Waals surface area contributed by atoms with Crippen LogP contribution in [0.2, 0.25) is 0 Å². The molecule has 0 bridgehead atoms. The summed E-state index contributed by atoms with van der Waals surface area (Å²) in [6.45, 7) is 1.49. The van der Waals surface area contributed by atoms with E-state index in [0.717, 1.165) is 42.1 Å². The number of hydrogen-bond acceptors (Lipinski definition) is 6. The molecule has 2 rings (SSSR count). The van der Waals surface area contributed by atoms with Gasteiger partial charge in [-0.3, -0.25) is 15.2 Å². The van der Waals surface area contributed by atoms with E-state index in [1.54, 1.807) is 6.07 Å². The van der Waals surface area contributed by atoms with Crippen molar-refractivity contribution in [3.05, 3.63) is 39.3 Å². The van der Waals surface area contributed by atoms with E-state index in [0.29, 0.717) is 6.54 Å². The van der Waals surface area contributed by atoms with Gasteiger partial charge in [0.1, 0.15) is 12.2 Å². The molecule has 0 unspecified atom stereocenters. The fourth-order valence-corrected chi connectivity index (χ4v) is 2.24. The molecule has 0 saturated carbocycles. The zero-order chi connectivity index (χ0) is 12.8. The van der Waals surface area contributed by atoms with Crippen molar-refractivity contribution < 1.29 is 4.92 Å². The van der Waals surface area contributed by atoms with Crippen molar-refractivity contribution in [3.63, 3.8) is 0 Å². The normalized spacial score (nSPS) is 10.7. The average Bonchev–Trinajstić information content (AvgIpc) is 2.98. The van der Waals surface area contributed by atoms with E-state index in [4.69, 9.17) is 0 Å². The van der Waals surface area contributed by atoms with E-state index in [2.05, 4.69) is 20.5 Å². The Morgan fingerprint density at radius 2 is 2.44 bits per heavy atom. The van der Waals surface area contributed by atoms with Crippen LogP contribution in [0.25, 0.3) is 0 Å². The highest BCUT2D eigenvalue weighted by molar-refractivity contribution is 7.13. The highest BCUT2D eigenvalue weighted by atomic mass is 32.1. The van der Waals surface area contributed by atoms with Gasteiger partial charge in [-0.15, -0.1) is 0 Å². The molecule has 2 heterocycles. The molecule has 96 valence electrons. The second-order valence-electron chi connectivity index (χ2n) is 3.76. The highest BCUT2D eigenvalue weighted by Gasteiger charge is 2.08. The van der Waals surface area contributed by atoms with Crippen molar-refractivity contribution in [2.45, 2.75) is 19.4 Å². The number of nitrogens with zero attached hydrogens (tertiary/aromatic N) is 3. The Kier molecular flexibility index (Phi) is 4.37.